The lowest BCUT2D eigenvalue weighted by Gasteiger charge is -2.26. The number of hydrogen-bond donors (Lipinski definition) is 6. The quantitative estimate of drug-likeness (QED) is 0.175. The van der Waals surface area contributed by atoms with Crippen LogP contribution >= 0.6 is 0 Å². The minimum atomic E-state index is -1.72. The Bertz CT molecular complexity index is 1420. The van der Waals surface area contributed by atoms with E-state index in [1.54, 1.807) is 43.3 Å². The van der Waals surface area contributed by atoms with E-state index < -0.39 is 78.6 Å². The van der Waals surface area contributed by atoms with Crippen LogP contribution in [0, 0.1) is 11.7 Å². The highest BCUT2D eigenvalue weighted by atomic mass is 19.1. The van der Waals surface area contributed by atoms with Gasteiger partial charge in [-0.2, -0.15) is 0 Å². The molecule has 13 nitrogen and oxygen atoms in total. The number of rotatable bonds is 13. The summed E-state index contributed by atoms with van der Waals surface area (Å²) >= 11 is 0. The number of hydrogen-bond acceptors (Lipinski definition) is 7. The number of benzene rings is 2. The summed E-state index contributed by atoms with van der Waals surface area (Å²) in [7, 11) is 0. The first kappa shape index (κ1) is 34.6. The van der Waals surface area contributed by atoms with Crippen LogP contribution in [0.15, 0.2) is 48.5 Å². The molecule has 45 heavy (non-hydrogen) atoms. The van der Waals surface area contributed by atoms with E-state index in [1.165, 1.54) is 19.1 Å². The molecular weight excluding hydrogens is 589 g/mol. The summed E-state index contributed by atoms with van der Waals surface area (Å²) in [6.07, 6.45) is -1.96. The van der Waals surface area contributed by atoms with Crippen LogP contribution in [0.25, 0.3) is 11.1 Å². The van der Waals surface area contributed by atoms with Crippen LogP contribution in [0.2, 0.25) is 0 Å². The van der Waals surface area contributed by atoms with E-state index in [-0.39, 0.29) is 24.4 Å². The Morgan fingerprint density at radius 2 is 1.71 bits per heavy atom. The van der Waals surface area contributed by atoms with E-state index in [0.717, 1.165) is 4.90 Å². The number of aliphatic hydroxyl groups is 1. The molecule has 5 amide bonds. The number of carbonyl (C=O) groups excluding carboxylic acids is 5. The zero-order valence-electron chi connectivity index (χ0n) is 25.2. The first-order chi connectivity index (χ1) is 21.3. The summed E-state index contributed by atoms with van der Waals surface area (Å²) < 4.78 is 13.6. The number of likely N-dealkylation sites (tertiary alicyclic amines) is 1. The first-order valence-corrected chi connectivity index (χ1v) is 14.5. The van der Waals surface area contributed by atoms with Crippen LogP contribution in [-0.4, -0.2) is 88.1 Å². The second-order valence-electron chi connectivity index (χ2n) is 11.0. The lowest BCUT2D eigenvalue weighted by Crippen LogP contribution is -2.54. The van der Waals surface area contributed by atoms with Crippen LogP contribution in [-0.2, 0) is 24.0 Å². The molecule has 1 saturated heterocycles. The lowest BCUT2D eigenvalue weighted by molar-refractivity contribution is -0.143. The van der Waals surface area contributed by atoms with Gasteiger partial charge in [0.2, 0.25) is 23.6 Å². The molecule has 14 heteroatoms. The van der Waals surface area contributed by atoms with Gasteiger partial charge in [0, 0.05) is 25.1 Å². The molecule has 1 aliphatic heterocycles. The van der Waals surface area contributed by atoms with Crippen LogP contribution < -0.4 is 21.3 Å². The predicted molar refractivity (Wildman–Crippen MR) is 160 cm³/mol. The maximum absolute atomic E-state index is 13.6. The predicted octanol–water partition coefficient (Wildman–Crippen LogP) is 0.768. The standard InChI is InChI=1S/C31H38FN5O8/c1-4-17(2)28(34-18(3)38)31(45)33-15-26(40)37-16-23(13-24(37)30(44)36-25(39)14-27(41)42)35-29(43)20-10-8-19(9-11-20)21-6-5-7-22(32)12-21/h5-12,17,23-25,28,39H,4,13-16H2,1-3H3,(H,33,45)(H,34,38)(H,35,43)(H,36,44)(H,41,42)/t17-,23-,24-,25+,28-/m0/s1. The Morgan fingerprint density at radius 3 is 2.31 bits per heavy atom. The van der Waals surface area contributed by atoms with Crippen molar-refractivity contribution in [3.05, 3.63) is 59.9 Å². The monoisotopic (exact) mass is 627 g/mol. The van der Waals surface area contributed by atoms with Gasteiger partial charge in [-0.3, -0.25) is 28.8 Å². The Morgan fingerprint density at radius 1 is 1.02 bits per heavy atom. The highest BCUT2D eigenvalue weighted by Gasteiger charge is 2.41. The van der Waals surface area contributed by atoms with Gasteiger partial charge in [-0.1, -0.05) is 44.5 Å². The molecule has 5 atom stereocenters. The second kappa shape index (κ2) is 15.7. The number of carbonyl (C=O) groups is 6. The van der Waals surface area contributed by atoms with Crippen LogP contribution in [0.4, 0.5) is 4.39 Å². The van der Waals surface area contributed by atoms with Gasteiger partial charge in [0.15, 0.2) is 0 Å². The van der Waals surface area contributed by atoms with E-state index in [4.69, 9.17) is 5.11 Å². The Balaban J connectivity index is 1.72. The molecule has 1 fully saturated rings. The van der Waals surface area contributed by atoms with E-state index in [0.29, 0.717) is 17.5 Å². The summed E-state index contributed by atoms with van der Waals surface area (Å²) in [6.45, 7) is 4.25. The van der Waals surface area contributed by atoms with E-state index in [2.05, 4.69) is 21.3 Å². The number of carboxylic acid groups (broad SMARTS) is 1. The van der Waals surface area contributed by atoms with Gasteiger partial charge in [-0.05, 0) is 47.7 Å². The molecule has 0 radical (unpaired) electrons. The van der Waals surface area contributed by atoms with Gasteiger partial charge in [-0.25, -0.2) is 4.39 Å². The maximum Gasteiger partial charge on any atom is 0.307 e. The molecule has 0 aliphatic carbocycles. The van der Waals surface area contributed by atoms with Gasteiger partial charge in [0.1, 0.15) is 24.1 Å². The summed E-state index contributed by atoms with van der Waals surface area (Å²) in [5.41, 5.74) is 1.60. The number of nitrogens with one attached hydrogen (secondary N) is 4. The van der Waals surface area contributed by atoms with E-state index >= 15 is 0 Å². The van der Waals surface area contributed by atoms with Gasteiger partial charge in [0.25, 0.3) is 5.91 Å². The number of aliphatic hydroxyl groups excluding tert-OH is 1. The van der Waals surface area contributed by atoms with Crippen molar-refractivity contribution in [2.75, 3.05) is 13.1 Å². The normalized spacial score (nSPS) is 17.8. The number of amides is 5. The highest BCUT2D eigenvalue weighted by molar-refractivity contribution is 5.96. The van der Waals surface area contributed by atoms with Crippen molar-refractivity contribution in [2.24, 2.45) is 5.92 Å². The second-order valence-corrected chi connectivity index (χ2v) is 11.0. The van der Waals surface area contributed by atoms with Crippen molar-refractivity contribution < 1.29 is 43.4 Å². The zero-order chi connectivity index (χ0) is 33.3. The van der Waals surface area contributed by atoms with Crippen molar-refractivity contribution >= 4 is 35.5 Å². The van der Waals surface area contributed by atoms with Crippen molar-refractivity contribution in [3.63, 3.8) is 0 Å². The molecule has 3 rings (SSSR count). The summed E-state index contributed by atoms with van der Waals surface area (Å²) in [5, 5.41) is 28.9. The number of aliphatic carboxylic acids is 1. The molecule has 2 aromatic rings. The maximum atomic E-state index is 13.6. The molecule has 6 N–H and O–H groups in total. The highest BCUT2D eigenvalue weighted by Crippen LogP contribution is 2.22. The molecule has 0 bridgehead atoms. The number of halogens is 1. The third-order valence-electron chi connectivity index (χ3n) is 7.51. The summed E-state index contributed by atoms with van der Waals surface area (Å²) in [4.78, 5) is 75.8. The molecular formula is C31H38FN5O8. The summed E-state index contributed by atoms with van der Waals surface area (Å²) in [6, 6.07) is 9.63. The first-order valence-electron chi connectivity index (χ1n) is 14.5. The molecule has 0 unspecified atom stereocenters. The van der Waals surface area contributed by atoms with Gasteiger partial charge in [0.05, 0.1) is 13.0 Å². The van der Waals surface area contributed by atoms with Crippen LogP contribution in [0.5, 0.6) is 0 Å². The fourth-order valence-corrected chi connectivity index (χ4v) is 4.99. The van der Waals surface area contributed by atoms with Gasteiger partial charge >= 0.3 is 5.97 Å². The van der Waals surface area contributed by atoms with Crippen molar-refractivity contribution in [1.82, 2.24) is 26.2 Å². The minimum absolute atomic E-state index is 0.0557. The average molecular weight is 628 g/mol. The number of nitrogens with zero attached hydrogens (tertiary/aromatic N) is 1. The lowest BCUT2D eigenvalue weighted by atomic mass is 9.98. The summed E-state index contributed by atoms with van der Waals surface area (Å²) in [5.74, 6) is -4.98. The largest absolute Gasteiger partial charge is 0.481 e. The smallest absolute Gasteiger partial charge is 0.307 e. The Labute approximate surface area is 259 Å². The Hall–Kier alpha value is -4.85. The van der Waals surface area contributed by atoms with Gasteiger partial charge in [-0.15, -0.1) is 0 Å². The SMILES string of the molecule is CC[C@H](C)[C@H](NC(C)=O)C(=O)NCC(=O)N1C[C@@H](NC(=O)c2ccc(-c3cccc(F)c3)cc2)C[C@H]1C(=O)N[C@H](O)CC(=O)O. The zero-order valence-corrected chi connectivity index (χ0v) is 25.2. The fourth-order valence-electron chi connectivity index (χ4n) is 4.99. The molecule has 1 aliphatic rings. The van der Waals surface area contributed by atoms with Crippen LogP contribution in [0.3, 0.4) is 0 Å². The van der Waals surface area contributed by atoms with Crippen molar-refractivity contribution in [3.8, 4) is 11.1 Å². The van der Waals surface area contributed by atoms with Crippen LogP contribution in [0.1, 0.15) is 50.4 Å². The van der Waals surface area contributed by atoms with Crippen molar-refractivity contribution in [1.29, 1.82) is 0 Å². The number of carboxylic acids is 1. The average Bonchev–Trinajstić information content (AvgIpc) is 3.41. The third kappa shape index (κ3) is 9.83. The molecule has 0 aromatic heterocycles. The molecule has 0 spiro atoms. The fraction of sp³-hybridized carbons (Fsp3) is 0.419. The molecule has 0 saturated carbocycles. The molecule has 1 heterocycles. The topological polar surface area (TPSA) is 194 Å². The van der Waals surface area contributed by atoms with E-state index in [9.17, 15) is 38.3 Å². The van der Waals surface area contributed by atoms with Gasteiger partial charge < -0.3 is 36.4 Å². The molecule has 2 aromatic carbocycles. The van der Waals surface area contributed by atoms with Crippen molar-refractivity contribution in [2.45, 2.75) is 64.4 Å². The Kier molecular flexibility index (Phi) is 12.1. The minimum Gasteiger partial charge on any atom is -0.481 e. The molecule has 242 valence electrons. The third-order valence-corrected chi connectivity index (χ3v) is 7.51. The van der Waals surface area contributed by atoms with E-state index in [1.807, 2.05) is 6.92 Å².